The quantitative estimate of drug-likeness (QED) is 0.0246. The number of amides is 2. The van der Waals surface area contributed by atoms with Gasteiger partial charge in [-0.05, 0) is 123 Å². The average Bonchev–Trinajstić information content (AvgIpc) is 3.92. The number of aliphatic hydroxyl groups excluding tert-OH is 1. The predicted molar refractivity (Wildman–Crippen MR) is 271 cm³/mol. The van der Waals surface area contributed by atoms with E-state index in [2.05, 4.69) is 67.6 Å². The summed E-state index contributed by atoms with van der Waals surface area (Å²) in [6.07, 6.45) is 7.48. The van der Waals surface area contributed by atoms with Gasteiger partial charge in [-0.1, -0.05) is 108 Å². The van der Waals surface area contributed by atoms with Crippen molar-refractivity contribution in [3.8, 4) is 11.1 Å². The molecule has 12 nitrogen and oxygen atoms in total. The first-order valence-corrected chi connectivity index (χ1v) is 25.6. The van der Waals surface area contributed by atoms with Gasteiger partial charge in [0, 0.05) is 53.8 Å². The number of aromatic amines is 1. The minimum Gasteiger partial charge on any atom is -0.405 e. The second kappa shape index (κ2) is 22.4. The third kappa shape index (κ3) is 11.8. The molecule has 2 heterocycles. The van der Waals surface area contributed by atoms with Crippen LogP contribution in [0.5, 0.6) is 0 Å². The Balaban J connectivity index is 0.988. The number of fused-ring (bicyclic) bond motifs is 1. The van der Waals surface area contributed by atoms with Crippen molar-refractivity contribution in [3.05, 3.63) is 95.7 Å². The van der Waals surface area contributed by atoms with E-state index in [9.17, 15) is 29.1 Å². The van der Waals surface area contributed by atoms with Crippen LogP contribution in [0.3, 0.4) is 0 Å². The number of aryl methyl sites for hydroxylation is 1. The highest BCUT2D eigenvalue weighted by Gasteiger charge is 2.68. The van der Waals surface area contributed by atoms with Gasteiger partial charge in [0.05, 0.1) is 23.9 Å². The Kier molecular flexibility index (Phi) is 16.9. The van der Waals surface area contributed by atoms with Gasteiger partial charge in [-0.15, -0.1) is 0 Å². The van der Waals surface area contributed by atoms with Crippen molar-refractivity contribution in [1.82, 2.24) is 15.6 Å². The molecule has 2 unspecified atom stereocenters. The average molecular weight is 943 g/mol. The van der Waals surface area contributed by atoms with E-state index in [4.69, 9.17) is 15.0 Å². The van der Waals surface area contributed by atoms with Crippen LogP contribution in [-0.2, 0) is 41.3 Å². The number of aromatic nitrogens is 1. The molecule has 3 aliphatic carbocycles. The first-order chi connectivity index (χ1) is 32.9. The molecule has 10 atom stereocenters. The van der Waals surface area contributed by atoms with Crippen molar-refractivity contribution in [1.29, 1.82) is 0 Å². The fourth-order valence-electron chi connectivity index (χ4n) is 11.3. The van der Waals surface area contributed by atoms with E-state index in [0.717, 1.165) is 59.7 Å². The number of nitrogens with one attached hydrogen (secondary N) is 3. The number of Topliss-reactive ketones (excluding diaryl/α,β-unsaturated/α-hetero) is 3. The molecular weight excluding hydrogens is 867 g/mol. The Morgan fingerprint density at radius 3 is 2.20 bits per heavy atom. The summed E-state index contributed by atoms with van der Waals surface area (Å²) >= 11 is 0. The molecule has 6 N–H and O–H groups in total. The normalized spacial score (nSPS) is 22.9. The van der Waals surface area contributed by atoms with Crippen molar-refractivity contribution >= 4 is 47.2 Å². The molecular formula is C56H75BN4O8. The molecule has 1 saturated heterocycles. The SMILES string of the molecule is CCCCc1ccc(-c2ccc(C(=O)C[C@@H](Cc3c[nH]c4ccccc34)C(=O)N[C@H](C(=O)C[C@@H](C)C(=O)N[C@@H](CCCCN)C(=O)C[C@@H](C)B3OC4C[C@@H]5C[C@@H](C5(C)C)[C@]4(C)O3)C(C)O)cc2)cc1. The number of carbonyl (C=O) groups is 5. The molecule has 1 aliphatic heterocycles. The summed E-state index contributed by atoms with van der Waals surface area (Å²) in [6.45, 7) is 14.4. The fourth-order valence-corrected chi connectivity index (χ4v) is 11.3. The molecule has 0 radical (unpaired) electrons. The minimum atomic E-state index is -1.35. The van der Waals surface area contributed by atoms with Gasteiger partial charge in [0.2, 0.25) is 11.8 Å². The number of rotatable bonds is 25. The molecule has 1 aromatic heterocycles. The van der Waals surface area contributed by atoms with E-state index in [-0.39, 0.29) is 54.6 Å². The number of ketones is 3. The Morgan fingerprint density at radius 2 is 1.54 bits per heavy atom. The van der Waals surface area contributed by atoms with Gasteiger partial charge in [-0.2, -0.15) is 0 Å². The van der Waals surface area contributed by atoms with Crippen LogP contribution < -0.4 is 16.4 Å². The van der Waals surface area contributed by atoms with Crippen LogP contribution in [0.25, 0.3) is 22.0 Å². The van der Waals surface area contributed by atoms with Crippen molar-refractivity contribution in [2.45, 2.75) is 161 Å². The van der Waals surface area contributed by atoms with Crippen molar-refractivity contribution < 1.29 is 38.4 Å². The van der Waals surface area contributed by atoms with Crippen LogP contribution in [-0.4, -0.2) is 82.8 Å². The minimum absolute atomic E-state index is 0.00842. The van der Waals surface area contributed by atoms with Gasteiger partial charge in [0.15, 0.2) is 17.3 Å². The van der Waals surface area contributed by atoms with Gasteiger partial charge in [0.25, 0.3) is 0 Å². The van der Waals surface area contributed by atoms with Gasteiger partial charge >= 0.3 is 7.12 Å². The van der Waals surface area contributed by atoms with Crippen LogP contribution in [0.1, 0.15) is 134 Å². The number of H-pyrrole nitrogens is 1. The van der Waals surface area contributed by atoms with Crippen LogP contribution in [0, 0.1) is 29.1 Å². The maximum atomic E-state index is 14.3. The van der Waals surface area contributed by atoms with Gasteiger partial charge < -0.3 is 35.8 Å². The lowest BCUT2D eigenvalue weighted by atomic mass is 9.43. The number of unbranched alkanes of at least 4 members (excludes halogenated alkanes) is 2. The Morgan fingerprint density at radius 1 is 0.841 bits per heavy atom. The van der Waals surface area contributed by atoms with Crippen molar-refractivity contribution in [2.24, 2.45) is 34.8 Å². The van der Waals surface area contributed by atoms with E-state index in [0.29, 0.717) is 43.2 Å². The van der Waals surface area contributed by atoms with Gasteiger partial charge in [0.1, 0.15) is 6.04 Å². The van der Waals surface area contributed by atoms with Crippen molar-refractivity contribution in [3.63, 3.8) is 0 Å². The third-order valence-corrected chi connectivity index (χ3v) is 15.9. The molecule has 69 heavy (non-hydrogen) atoms. The van der Waals surface area contributed by atoms with Crippen LogP contribution in [0.2, 0.25) is 5.82 Å². The Hall–Kier alpha value is -4.95. The summed E-state index contributed by atoms with van der Waals surface area (Å²) < 4.78 is 13.1. The number of nitrogens with two attached hydrogens (primary N) is 1. The zero-order valence-electron chi connectivity index (χ0n) is 41.9. The molecule has 3 aromatic carbocycles. The third-order valence-electron chi connectivity index (χ3n) is 15.9. The Labute approximate surface area is 409 Å². The molecule has 0 spiro atoms. The standard InChI is InChI=1S/C56H75BN4O8/c1-8-9-14-37-18-20-38(21-19-37)39-22-24-40(25-23-39)47(63)30-41(29-42-33-59-45-16-11-10-15-44(42)45)54(67)61-52(36(4)62)49(65)27-34(2)53(66)60-46(17-12-13-26-58)48(64)28-35(3)57-68-51-32-43-31-50(55(43,5)6)56(51,7)69-57/h10-11,15-16,18-25,33-36,41,43,46,50-52,59,62H,8-9,12-14,17,26-32,58H2,1-7H3,(H,60,66)(H,61,67)/t34-,35-,36?,41-,43+,46+,50+,51?,52+,56+/m1/s1. The largest absolute Gasteiger partial charge is 0.461 e. The lowest BCUT2D eigenvalue weighted by Gasteiger charge is -2.64. The molecule has 370 valence electrons. The number of hydrogen-bond donors (Lipinski definition) is 5. The van der Waals surface area contributed by atoms with E-state index < -0.39 is 60.3 Å². The zero-order chi connectivity index (χ0) is 49.6. The molecule has 2 bridgehead atoms. The zero-order valence-corrected chi connectivity index (χ0v) is 41.9. The van der Waals surface area contributed by atoms with E-state index >= 15 is 0 Å². The fraction of sp³-hybridized carbons (Fsp3) is 0.554. The summed E-state index contributed by atoms with van der Waals surface area (Å²) in [5, 5.41) is 17.6. The highest BCUT2D eigenvalue weighted by molar-refractivity contribution is 6.47. The number of benzene rings is 3. The maximum Gasteiger partial charge on any atom is 0.461 e. The molecule has 2 amide bonds. The highest BCUT2D eigenvalue weighted by atomic mass is 16.7. The summed E-state index contributed by atoms with van der Waals surface area (Å²) in [7, 11) is -0.529. The van der Waals surface area contributed by atoms with Crippen molar-refractivity contribution in [2.75, 3.05) is 6.54 Å². The Bertz CT molecular complexity index is 2430. The summed E-state index contributed by atoms with van der Waals surface area (Å²) in [4.78, 5) is 73.3. The summed E-state index contributed by atoms with van der Waals surface area (Å²) in [5.41, 5.74) is 11.1. The molecule has 8 rings (SSSR count). The molecule has 13 heteroatoms. The van der Waals surface area contributed by atoms with E-state index in [1.165, 1.54) is 12.5 Å². The van der Waals surface area contributed by atoms with Crippen LogP contribution in [0.15, 0.2) is 79.0 Å². The topological polar surface area (TPSA) is 190 Å². The molecule has 4 aromatic rings. The maximum absolute atomic E-state index is 14.3. The second-order valence-electron chi connectivity index (χ2n) is 21.4. The van der Waals surface area contributed by atoms with E-state index in [1.54, 1.807) is 19.1 Å². The first kappa shape index (κ1) is 51.9. The predicted octanol–water partition coefficient (Wildman–Crippen LogP) is 8.76. The number of aliphatic hydroxyl groups is 1. The molecule has 3 saturated carbocycles. The second-order valence-corrected chi connectivity index (χ2v) is 21.4. The monoisotopic (exact) mass is 943 g/mol. The lowest BCUT2D eigenvalue weighted by molar-refractivity contribution is -0.199. The number of carbonyl (C=O) groups excluding carboxylic acids is 5. The van der Waals surface area contributed by atoms with Crippen LogP contribution in [0.4, 0.5) is 0 Å². The smallest absolute Gasteiger partial charge is 0.405 e. The molecule has 4 aliphatic rings. The number of para-hydroxylation sites is 1. The summed E-state index contributed by atoms with van der Waals surface area (Å²) in [5.74, 6) is -2.99. The number of hydrogen-bond acceptors (Lipinski definition) is 9. The summed E-state index contributed by atoms with van der Waals surface area (Å²) in [6, 6.07) is 21.4. The van der Waals surface area contributed by atoms with Crippen LogP contribution >= 0.6 is 0 Å². The van der Waals surface area contributed by atoms with E-state index in [1.807, 2.05) is 49.5 Å². The first-order valence-electron chi connectivity index (χ1n) is 25.6. The van der Waals surface area contributed by atoms with Gasteiger partial charge in [-0.3, -0.25) is 24.0 Å². The molecule has 4 fully saturated rings. The lowest BCUT2D eigenvalue weighted by Crippen LogP contribution is -2.65. The highest BCUT2D eigenvalue weighted by Crippen LogP contribution is 2.66. The van der Waals surface area contributed by atoms with Gasteiger partial charge in [-0.25, -0.2) is 0 Å².